The maximum Gasteiger partial charge on any atom is 0.212 e. The number of aromatic nitrogens is 3. The summed E-state index contributed by atoms with van der Waals surface area (Å²) in [6, 6.07) is 16.0. The second-order valence-electron chi connectivity index (χ2n) is 5.74. The summed E-state index contributed by atoms with van der Waals surface area (Å²) in [5, 5.41) is 13.3. The monoisotopic (exact) mass is 382 g/mol. The van der Waals surface area contributed by atoms with E-state index in [1.807, 2.05) is 36.4 Å². The van der Waals surface area contributed by atoms with Gasteiger partial charge < -0.3 is 9.47 Å². The maximum absolute atomic E-state index is 5.68. The number of hydrogen-bond acceptors (Lipinski definition) is 6. The van der Waals surface area contributed by atoms with Crippen molar-refractivity contribution in [2.75, 3.05) is 13.7 Å². The predicted octanol–water partition coefficient (Wildman–Crippen LogP) is 4.25. The molecule has 140 valence electrons. The fraction of sp³-hybridized carbons (Fsp3) is 0.250. The summed E-state index contributed by atoms with van der Waals surface area (Å²) in [7, 11) is 1.63. The Morgan fingerprint density at radius 1 is 1.15 bits per heavy atom. The van der Waals surface area contributed by atoms with Crippen molar-refractivity contribution in [1.29, 1.82) is 0 Å². The van der Waals surface area contributed by atoms with E-state index in [2.05, 4.69) is 34.4 Å². The van der Waals surface area contributed by atoms with E-state index in [0.717, 1.165) is 28.6 Å². The topological polar surface area (TPSA) is 61.5 Å². The highest BCUT2D eigenvalue weighted by molar-refractivity contribution is 7.98. The highest BCUT2D eigenvalue weighted by atomic mass is 32.2. The summed E-state index contributed by atoms with van der Waals surface area (Å²) in [5.74, 6) is 2.24. The van der Waals surface area contributed by atoms with Gasteiger partial charge in [-0.1, -0.05) is 49.0 Å². The Hall–Kier alpha value is -2.80. The van der Waals surface area contributed by atoms with Gasteiger partial charge in [-0.2, -0.15) is 9.78 Å². The molecule has 2 aromatic carbocycles. The van der Waals surface area contributed by atoms with E-state index < -0.39 is 0 Å². The maximum atomic E-state index is 5.68. The number of thioether (sulfide) groups is 1. The van der Waals surface area contributed by atoms with Crippen molar-refractivity contribution in [2.24, 2.45) is 5.10 Å². The van der Waals surface area contributed by atoms with Crippen molar-refractivity contribution in [1.82, 2.24) is 14.9 Å². The highest BCUT2D eigenvalue weighted by Crippen LogP contribution is 2.27. The minimum atomic E-state index is 0.659. The molecule has 0 bridgehead atoms. The van der Waals surface area contributed by atoms with Gasteiger partial charge in [-0.25, -0.2) is 0 Å². The van der Waals surface area contributed by atoms with Crippen LogP contribution >= 0.6 is 11.8 Å². The molecule has 0 aliphatic carbocycles. The van der Waals surface area contributed by atoms with Gasteiger partial charge in [0.1, 0.15) is 6.33 Å². The van der Waals surface area contributed by atoms with Crippen LogP contribution in [0.4, 0.5) is 0 Å². The molecule has 0 unspecified atom stereocenters. The van der Waals surface area contributed by atoms with Crippen LogP contribution in [0.15, 0.2) is 65.1 Å². The van der Waals surface area contributed by atoms with E-state index in [-0.39, 0.29) is 0 Å². The van der Waals surface area contributed by atoms with Crippen molar-refractivity contribution in [2.45, 2.75) is 24.3 Å². The van der Waals surface area contributed by atoms with Crippen LogP contribution < -0.4 is 9.47 Å². The van der Waals surface area contributed by atoms with Gasteiger partial charge in [-0.3, -0.25) is 0 Å². The first kappa shape index (κ1) is 19.0. The molecule has 0 atom stereocenters. The van der Waals surface area contributed by atoms with Gasteiger partial charge in [-0.15, -0.1) is 10.2 Å². The standard InChI is InChI=1S/C20H22N4O2S/c1-3-11-26-18-10-9-17(12-19(18)25-2)13-22-24-15-21-23-20(24)27-14-16-7-5-4-6-8-16/h4-10,12-13,15H,3,11,14H2,1-2H3/b22-13+. The number of benzene rings is 2. The zero-order valence-electron chi connectivity index (χ0n) is 15.4. The normalized spacial score (nSPS) is 11.0. The number of nitrogens with zero attached hydrogens (tertiary/aromatic N) is 4. The van der Waals surface area contributed by atoms with E-state index in [4.69, 9.17) is 9.47 Å². The van der Waals surface area contributed by atoms with E-state index in [1.54, 1.807) is 36.1 Å². The Morgan fingerprint density at radius 2 is 2.00 bits per heavy atom. The Kier molecular flexibility index (Phi) is 6.87. The molecule has 3 rings (SSSR count). The first-order valence-electron chi connectivity index (χ1n) is 8.72. The number of hydrogen-bond donors (Lipinski definition) is 0. The Morgan fingerprint density at radius 3 is 2.78 bits per heavy atom. The molecule has 0 aliphatic heterocycles. The molecule has 0 spiro atoms. The van der Waals surface area contributed by atoms with Crippen molar-refractivity contribution in [3.05, 3.63) is 66.0 Å². The zero-order chi connectivity index (χ0) is 18.9. The van der Waals surface area contributed by atoms with Crippen molar-refractivity contribution < 1.29 is 9.47 Å². The predicted molar refractivity (Wildman–Crippen MR) is 108 cm³/mol. The molecule has 6 nitrogen and oxygen atoms in total. The first-order valence-corrected chi connectivity index (χ1v) is 9.70. The Balaban J connectivity index is 1.68. The lowest BCUT2D eigenvalue weighted by Gasteiger charge is -2.10. The molecule has 3 aromatic rings. The van der Waals surface area contributed by atoms with Gasteiger partial charge in [0.2, 0.25) is 5.16 Å². The molecule has 0 saturated carbocycles. The van der Waals surface area contributed by atoms with E-state index in [1.165, 1.54) is 5.56 Å². The highest BCUT2D eigenvalue weighted by Gasteiger charge is 2.06. The van der Waals surface area contributed by atoms with Gasteiger partial charge in [0.15, 0.2) is 11.5 Å². The second kappa shape index (κ2) is 9.78. The fourth-order valence-corrected chi connectivity index (χ4v) is 3.16. The van der Waals surface area contributed by atoms with Crippen LogP contribution in [0.1, 0.15) is 24.5 Å². The van der Waals surface area contributed by atoms with E-state index in [0.29, 0.717) is 12.4 Å². The van der Waals surface area contributed by atoms with E-state index >= 15 is 0 Å². The molecule has 0 N–H and O–H groups in total. The Bertz CT molecular complexity index is 881. The molecular formula is C20H22N4O2S. The molecule has 0 radical (unpaired) electrons. The van der Waals surface area contributed by atoms with Crippen LogP contribution in [0.2, 0.25) is 0 Å². The summed E-state index contributed by atoms with van der Waals surface area (Å²) < 4.78 is 12.8. The largest absolute Gasteiger partial charge is 0.493 e. The van der Waals surface area contributed by atoms with Crippen LogP contribution in [-0.4, -0.2) is 34.8 Å². The molecule has 7 heteroatoms. The lowest BCUT2D eigenvalue weighted by Crippen LogP contribution is -1.99. The van der Waals surface area contributed by atoms with Crippen LogP contribution in [-0.2, 0) is 5.75 Å². The van der Waals surface area contributed by atoms with Crippen LogP contribution in [0, 0.1) is 0 Å². The quantitative estimate of drug-likeness (QED) is 0.409. The van der Waals surface area contributed by atoms with Gasteiger partial charge in [0.25, 0.3) is 0 Å². The minimum Gasteiger partial charge on any atom is -0.493 e. The van der Waals surface area contributed by atoms with Crippen molar-refractivity contribution >= 4 is 18.0 Å². The van der Waals surface area contributed by atoms with Gasteiger partial charge in [0, 0.05) is 5.75 Å². The molecule has 0 aliphatic rings. The summed E-state index contributed by atoms with van der Waals surface area (Å²) in [6.07, 6.45) is 4.30. The summed E-state index contributed by atoms with van der Waals surface area (Å²) in [6.45, 7) is 2.73. The third-order valence-electron chi connectivity index (χ3n) is 3.69. The third-order valence-corrected chi connectivity index (χ3v) is 4.70. The van der Waals surface area contributed by atoms with Gasteiger partial charge in [-0.05, 0) is 35.7 Å². The smallest absolute Gasteiger partial charge is 0.212 e. The molecule has 1 aromatic heterocycles. The van der Waals surface area contributed by atoms with Crippen molar-refractivity contribution in [3.63, 3.8) is 0 Å². The lowest BCUT2D eigenvalue weighted by atomic mass is 10.2. The molecule has 27 heavy (non-hydrogen) atoms. The fourth-order valence-electron chi connectivity index (χ4n) is 2.34. The Labute approximate surface area is 163 Å². The van der Waals surface area contributed by atoms with Crippen molar-refractivity contribution in [3.8, 4) is 11.5 Å². The molecule has 1 heterocycles. The van der Waals surface area contributed by atoms with Gasteiger partial charge in [0.05, 0.1) is 19.9 Å². The SMILES string of the molecule is CCCOc1ccc(/C=N/n2cnnc2SCc2ccccc2)cc1OC. The summed E-state index contributed by atoms with van der Waals surface area (Å²) in [5.41, 5.74) is 2.14. The summed E-state index contributed by atoms with van der Waals surface area (Å²) in [4.78, 5) is 0. The van der Waals surface area contributed by atoms with Crippen LogP contribution in [0.25, 0.3) is 0 Å². The number of ether oxygens (including phenoxy) is 2. The van der Waals surface area contributed by atoms with Crippen LogP contribution in [0.3, 0.4) is 0 Å². The molecular weight excluding hydrogens is 360 g/mol. The average molecular weight is 382 g/mol. The van der Waals surface area contributed by atoms with Crippen LogP contribution in [0.5, 0.6) is 11.5 Å². The number of methoxy groups -OCH3 is 1. The molecule has 0 fully saturated rings. The summed E-state index contributed by atoms with van der Waals surface area (Å²) >= 11 is 1.59. The van der Waals surface area contributed by atoms with Gasteiger partial charge >= 0.3 is 0 Å². The third kappa shape index (κ3) is 5.34. The average Bonchev–Trinajstić information content (AvgIpc) is 3.17. The molecule has 0 saturated heterocycles. The van der Waals surface area contributed by atoms with E-state index in [9.17, 15) is 0 Å². The lowest BCUT2D eigenvalue weighted by molar-refractivity contribution is 0.294. The zero-order valence-corrected chi connectivity index (χ0v) is 16.2. The number of rotatable bonds is 9. The minimum absolute atomic E-state index is 0.659. The molecule has 0 amide bonds. The second-order valence-corrected chi connectivity index (χ2v) is 6.68. The first-order chi connectivity index (χ1) is 13.3.